The molecule has 21 heavy (non-hydrogen) atoms. The van der Waals surface area contributed by atoms with Crippen LogP contribution in [0.2, 0.25) is 0 Å². The monoisotopic (exact) mass is 302 g/mol. The average molecular weight is 303 g/mol. The topological polar surface area (TPSA) is 17.8 Å². The lowest BCUT2D eigenvalue weighted by Crippen LogP contribution is -2.05. The molecule has 0 fully saturated rings. The van der Waals surface area contributed by atoms with Crippen LogP contribution in [0.1, 0.15) is 17.0 Å². The fraction of sp³-hybridized carbons (Fsp3) is 0.235. The minimum atomic E-state index is -0.271. The lowest BCUT2D eigenvalue weighted by atomic mass is 10.1. The first-order valence-corrected chi connectivity index (χ1v) is 7.47. The lowest BCUT2D eigenvalue weighted by Gasteiger charge is -2.08. The summed E-state index contributed by atoms with van der Waals surface area (Å²) in [4.78, 5) is 4.41. The van der Waals surface area contributed by atoms with Crippen LogP contribution in [0.4, 0.5) is 4.39 Å². The minimum absolute atomic E-state index is 0.271. The van der Waals surface area contributed by atoms with Gasteiger partial charge in [-0.25, -0.2) is 9.37 Å². The first-order valence-electron chi connectivity index (χ1n) is 6.93. The van der Waals surface area contributed by atoms with Crippen molar-refractivity contribution in [2.75, 3.05) is 0 Å². The Bertz CT molecular complexity index is 780. The standard InChI is InChI=1S/C17H16ClFN2/c1-12-3-2-4-13(9-12)7-8-21-16-6-5-14(19)10-15(16)20-17(21)11-18/h2-6,9-10H,7-8,11H2,1H3. The van der Waals surface area contributed by atoms with Gasteiger partial charge in [0.05, 0.1) is 16.9 Å². The van der Waals surface area contributed by atoms with Crippen molar-refractivity contribution in [2.45, 2.75) is 25.8 Å². The van der Waals surface area contributed by atoms with E-state index < -0.39 is 0 Å². The molecule has 4 heteroatoms. The summed E-state index contributed by atoms with van der Waals surface area (Å²) in [6.45, 7) is 2.87. The number of nitrogens with zero attached hydrogens (tertiary/aromatic N) is 2. The molecule has 1 aromatic heterocycles. The van der Waals surface area contributed by atoms with Gasteiger partial charge in [0.25, 0.3) is 0 Å². The highest BCUT2D eigenvalue weighted by Crippen LogP contribution is 2.19. The van der Waals surface area contributed by atoms with Gasteiger partial charge in [0, 0.05) is 12.6 Å². The molecule has 0 bridgehead atoms. The molecular weight excluding hydrogens is 287 g/mol. The van der Waals surface area contributed by atoms with Crippen LogP contribution in [0, 0.1) is 12.7 Å². The van der Waals surface area contributed by atoms with E-state index >= 15 is 0 Å². The highest BCUT2D eigenvalue weighted by Gasteiger charge is 2.10. The molecule has 1 heterocycles. The molecule has 2 aromatic carbocycles. The summed E-state index contributed by atoms with van der Waals surface area (Å²) in [6, 6.07) is 13.1. The SMILES string of the molecule is Cc1cccc(CCn2c(CCl)nc3cc(F)ccc32)c1. The molecule has 0 N–H and O–H groups in total. The Morgan fingerprint density at radius 3 is 2.81 bits per heavy atom. The summed E-state index contributed by atoms with van der Waals surface area (Å²) in [7, 11) is 0. The lowest BCUT2D eigenvalue weighted by molar-refractivity contribution is 0.629. The molecule has 0 unspecified atom stereocenters. The normalized spacial score (nSPS) is 11.2. The van der Waals surface area contributed by atoms with Gasteiger partial charge in [0.1, 0.15) is 11.6 Å². The number of alkyl halides is 1. The highest BCUT2D eigenvalue weighted by atomic mass is 35.5. The third-order valence-electron chi connectivity index (χ3n) is 3.62. The predicted molar refractivity (Wildman–Crippen MR) is 84.1 cm³/mol. The second-order valence-corrected chi connectivity index (χ2v) is 5.45. The molecule has 0 saturated carbocycles. The van der Waals surface area contributed by atoms with Gasteiger partial charge in [-0.05, 0) is 31.0 Å². The zero-order valence-corrected chi connectivity index (χ0v) is 12.6. The smallest absolute Gasteiger partial charge is 0.125 e. The molecule has 0 atom stereocenters. The molecule has 0 amide bonds. The maximum Gasteiger partial charge on any atom is 0.125 e. The summed E-state index contributed by atoms with van der Waals surface area (Å²) in [5.41, 5.74) is 4.12. The van der Waals surface area contributed by atoms with Crippen LogP contribution in [-0.4, -0.2) is 9.55 Å². The fourth-order valence-electron chi connectivity index (χ4n) is 2.61. The van der Waals surface area contributed by atoms with E-state index in [1.807, 2.05) is 0 Å². The molecule has 0 radical (unpaired) electrons. The first kappa shape index (κ1) is 14.1. The molecule has 0 aliphatic heterocycles. The van der Waals surface area contributed by atoms with Gasteiger partial charge in [-0.15, -0.1) is 11.6 Å². The van der Waals surface area contributed by atoms with Gasteiger partial charge in [-0.2, -0.15) is 0 Å². The number of hydrogen-bond acceptors (Lipinski definition) is 1. The first-order chi connectivity index (χ1) is 10.2. The van der Waals surface area contributed by atoms with E-state index in [0.717, 1.165) is 24.3 Å². The third kappa shape index (κ3) is 2.93. The van der Waals surface area contributed by atoms with Crippen LogP contribution in [-0.2, 0) is 18.8 Å². The van der Waals surface area contributed by atoms with Crippen molar-refractivity contribution >= 4 is 22.6 Å². The summed E-state index contributed by atoms with van der Waals surface area (Å²) in [5.74, 6) is 0.835. The van der Waals surface area contributed by atoms with E-state index in [1.165, 1.54) is 23.3 Å². The second kappa shape index (κ2) is 5.86. The number of aromatic nitrogens is 2. The van der Waals surface area contributed by atoms with Crippen LogP contribution in [0.25, 0.3) is 11.0 Å². The van der Waals surface area contributed by atoms with Crippen LogP contribution in [0.5, 0.6) is 0 Å². The molecule has 0 saturated heterocycles. The van der Waals surface area contributed by atoms with Crippen LogP contribution in [0.3, 0.4) is 0 Å². The quantitative estimate of drug-likeness (QED) is 0.650. The van der Waals surface area contributed by atoms with Crippen LogP contribution >= 0.6 is 11.6 Å². The van der Waals surface area contributed by atoms with Crippen molar-refractivity contribution in [2.24, 2.45) is 0 Å². The number of benzene rings is 2. The zero-order chi connectivity index (χ0) is 14.8. The van der Waals surface area contributed by atoms with Gasteiger partial charge >= 0.3 is 0 Å². The summed E-state index contributed by atoms with van der Waals surface area (Å²) in [6.07, 6.45) is 0.897. The molecular formula is C17H16ClFN2. The molecule has 108 valence electrons. The highest BCUT2D eigenvalue weighted by molar-refractivity contribution is 6.16. The Labute approximate surface area is 128 Å². The molecule has 3 aromatic rings. The molecule has 0 aliphatic rings. The average Bonchev–Trinajstić information content (AvgIpc) is 2.82. The van der Waals surface area contributed by atoms with E-state index in [4.69, 9.17) is 11.6 Å². The fourth-order valence-corrected chi connectivity index (χ4v) is 2.82. The van der Waals surface area contributed by atoms with Gasteiger partial charge in [0.15, 0.2) is 0 Å². The zero-order valence-electron chi connectivity index (χ0n) is 11.8. The molecule has 0 spiro atoms. The Hall–Kier alpha value is -1.87. The van der Waals surface area contributed by atoms with Crippen LogP contribution in [0.15, 0.2) is 42.5 Å². The number of aryl methyl sites for hydroxylation is 3. The number of imidazole rings is 1. The van der Waals surface area contributed by atoms with Gasteiger partial charge in [0.2, 0.25) is 0 Å². The van der Waals surface area contributed by atoms with Crippen molar-refractivity contribution < 1.29 is 4.39 Å². The van der Waals surface area contributed by atoms with Crippen LogP contribution < -0.4 is 0 Å². The summed E-state index contributed by atoms with van der Waals surface area (Å²) in [5, 5.41) is 0. The van der Waals surface area contributed by atoms with Crippen molar-refractivity contribution in [1.29, 1.82) is 0 Å². The molecule has 2 nitrogen and oxygen atoms in total. The Balaban J connectivity index is 1.92. The molecule has 0 aliphatic carbocycles. The van der Waals surface area contributed by atoms with Crippen molar-refractivity contribution in [3.8, 4) is 0 Å². The second-order valence-electron chi connectivity index (χ2n) is 5.19. The Morgan fingerprint density at radius 2 is 2.05 bits per heavy atom. The number of fused-ring (bicyclic) bond motifs is 1. The summed E-state index contributed by atoms with van der Waals surface area (Å²) < 4.78 is 15.4. The summed E-state index contributed by atoms with van der Waals surface area (Å²) >= 11 is 5.97. The van der Waals surface area contributed by atoms with Crippen molar-refractivity contribution in [3.05, 3.63) is 65.2 Å². The van der Waals surface area contributed by atoms with E-state index in [2.05, 4.69) is 40.7 Å². The molecule has 3 rings (SSSR count). The van der Waals surface area contributed by atoms with E-state index in [1.54, 1.807) is 6.07 Å². The third-order valence-corrected chi connectivity index (χ3v) is 3.85. The Kier molecular flexibility index (Phi) is 3.93. The van der Waals surface area contributed by atoms with Gasteiger partial charge < -0.3 is 4.57 Å². The van der Waals surface area contributed by atoms with E-state index in [9.17, 15) is 4.39 Å². The van der Waals surface area contributed by atoms with Crippen molar-refractivity contribution in [3.63, 3.8) is 0 Å². The largest absolute Gasteiger partial charge is 0.327 e. The minimum Gasteiger partial charge on any atom is -0.327 e. The van der Waals surface area contributed by atoms with Gasteiger partial charge in [-0.3, -0.25) is 0 Å². The predicted octanol–water partition coefficient (Wildman–Crippen LogP) is 4.47. The van der Waals surface area contributed by atoms with E-state index in [-0.39, 0.29) is 5.82 Å². The van der Waals surface area contributed by atoms with Crippen molar-refractivity contribution in [1.82, 2.24) is 9.55 Å². The van der Waals surface area contributed by atoms with Gasteiger partial charge in [-0.1, -0.05) is 29.8 Å². The van der Waals surface area contributed by atoms with E-state index in [0.29, 0.717) is 11.4 Å². The number of rotatable bonds is 4. The maximum atomic E-state index is 13.3. The maximum absolute atomic E-state index is 13.3. The number of halogens is 2. The number of hydrogen-bond donors (Lipinski definition) is 0. The Morgan fingerprint density at radius 1 is 1.19 bits per heavy atom.